The van der Waals surface area contributed by atoms with Crippen molar-refractivity contribution in [2.24, 2.45) is 5.92 Å². The summed E-state index contributed by atoms with van der Waals surface area (Å²) in [5, 5.41) is 3.37. The predicted octanol–water partition coefficient (Wildman–Crippen LogP) is 1.88. The van der Waals surface area contributed by atoms with Gasteiger partial charge in [-0.25, -0.2) is 4.79 Å². The van der Waals surface area contributed by atoms with Crippen molar-refractivity contribution in [2.45, 2.75) is 38.1 Å². The molecule has 2 saturated heterocycles. The maximum absolute atomic E-state index is 12.8. The molecule has 2 aromatic rings. The second kappa shape index (κ2) is 7.04. The van der Waals surface area contributed by atoms with E-state index in [0.29, 0.717) is 5.91 Å². The first-order chi connectivity index (χ1) is 12.2. The van der Waals surface area contributed by atoms with Gasteiger partial charge in [0.1, 0.15) is 0 Å². The largest absolute Gasteiger partial charge is 0.342 e. The van der Waals surface area contributed by atoms with E-state index in [4.69, 9.17) is 0 Å². The molecular weight excluding hydrogens is 316 g/mol. The summed E-state index contributed by atoms with van der Waals surface area (Å²) in [6, 6.07) is 7.99. The molecule has 1 amide bonds. The van der Waals surface area contributed by atoms with Gasteiger partial charge in [-0.1, -0.05) is 12.1 Å². The van der Waals surface area contributed by atoms with E-state index in [0.717, 1.165) is 69.3 Å². The molecule has 1 aromatic heterocycles. The highest BCUT2D eigenvalue weighted by Gasteiger charge is 2.30. The first kappa shape index (κ1) is 16.4. The van der Waals surface area contributed by atoms with Crippen molar-refractivity contribution >= 4 is 16.9 Å². The number of hydrogen-bond donors (Lipinski definition) is 2. The lowest BCUT2D eigenvalue weighted by atomic mass is 9.96. The first-order valence-corrected chi connectivity index (χ1v) is 9.43. The van der Waals surface area contributed by atoms with Crippen LogP contribution >= 0.6 is 0 Å². The number of piperidine rings is 1. The number of hydrogen-bond acceptors (Lipinski definition) is 3. The third-order valence-electron chi connectivity index (χ3n) is 5.69. The molecule has 3 heterocycles. The zero-order valence-electron chi connectivity index (χ0n) is 14.5. The number of likely N-dealkylation sites (tertiary alicyclic amines) is 1. The fourth-order valence-electron chi connectivity index (χ4n) is 4.31. The number of nitrogens with one attached hydrogen (secondary N) is 2. The first-order valence-electron chi connectivity index (χ1n) is 9.43. The van der Waals surface area contributed by atoms with Crippen LogP contribution in [0.2, 0.25) is 0 Å². The molecule has 1 unspecified atom stereocenters. The molecule has 4 rings (SSSR count). The summed E-state index contributed by atoms with van der Waals surface area (Å²) in [7, 11) is 0. The van der Waals surface area contributed by atoms with Crippen molar-refractivity contribution in [1.29, 1.82) is 0 Å². The lowest BCUT2D eigenvalue weighted by Crippen LogP contribution is -2.43. The van der Waals surface area contributed by atoms with E-state index in [1.54, 1.807) is 0 Å². The van der Waals surface area contributed by atoms with E-state index in [-0.39, 0.29) is 17.6 Å². The molecule has 0 saturated carbocycles. The Bertz CT molecular complexity index is 793. The monoisotopic (exact) mass is 342 g/mol. The van der Waals surface area contributed by atoms with Crippen LogP contribution in [0.1, 0.15) is 38.1 Å². The van der Waals surface area contributed by atoms with Gasteiger partial charge in [0.15, 0.2) is 0 Å². The van der Waals surface area contributed by atoms with E-state index in [1.165, 1.54) is 0 Å². The van der Waals surface area contributed by atoms with Crippen LogP contribution in [0.15, 0.2) is 29.1 Å². The number of imidazole rings is 1. The Labute approximate surface area is 147 Å². The van der Waals surface area contributed by atoms with Crippen molar-refractivity contribution in [3.63, 3.8) is 0 Å². The van der Waals surface area contributed by atoms with Crippen molar-refractivity contribution in [2.75, 3.05) is 26.2 Å². The van der Waals surface area contributed by atoms with Crippen molar-refractivity contribution in [3.8, 4) is 0 Å². The Hall–Kier alpha value is -2.08. The second-order valence-electron chi connectivity index (χ2n) is 7.25. The Balaban J connectivity index is 1.45. The van der Waals surface area contributed by atoms with E-state index in [9.17, 15) is 9.59 Å². The number of nitrogens with zero attached hydrogens (tertiary/aromatic N) is 2. The maximum Gasteiger partial charge on any atom is 0.326 e. The Morgan fingerprint density at radius 3 is 2.68 bits per heavy atom. The number of para-hydroxylation sites is 2. The summed E-state index contributed by atoms with van der Waals surface area (Å²) in [6.07, 6.45) is 4.71. The van der Waals surface area contributed by atoms with Crippen LogP contribution in [0.25, 0.3) is 11.0 Å². The van der Waals surface area contributed by atoms with E-state index in [1.807, 2.05) is 33.7 Å². The minimum atomic E-state index is -0.0409. The minimum absolute atomic E-state index is 0.0409. The van der Waals surface area contributed by atoms with Gasteiger partial charge in [-0.15, -0.1) is 0 Å². The Kier molecular flexibility index (Phi) is 4.61. The molecule has 0 bridgehead atoms. The van der Waals surface area contributed by atoms with Crippen molar-refractivity contribution in [3.05, 3.63) is 34.7 Å². The summed E-state index contributed by atoms with van der Waals surface area (Å²) >= 11 is 0. The molecule has 0 spiro atoms. The van der Waals surface area contributed by atoms with Crippen LogP contribution in [-0.4, -0.2) is 46.5 Å². The average Bonchev–Trinajstić information content (AvgIpc) is 2.81. The molecule has 6 nitrogen and oxygen atoms in total. The van der Waals surface area contributed by atoms with Gasteiger partial charge in [0.2, 0.25) is 5.91 Å². The number of rotatable bonds is 2. The molecule has 25 heavy (non-hydrogen) atoms. The number of fused-ring (bicyclic) bond motifs is 1. The van der Waals surface area contributed by atoms with Crippen LogP contribution in [-0.2, 0) is 4.79 Å². The van der Waals surface area contributed by atoms with E-state index in [2.05, 4.69) is 10.3 Å². The highest BCUT2D eigenvalue weighted by Crippen LogP contribution is 2.27. The van der Waals surface area contributed by atoms with Crippen LogP contribution in [0.3, 0.4) is 0 Å². The van der Waals surface area contributed by atoms with Gasteiger partial charge in [0.25, 0.3) is 0 Å². The van der Waals surface area contributed by atoms with Gasteiger partial charge in [-0.3, -0.25) is 9.36 Å². The number of amides is 1. The summed E-state index contributed by atoms with van der Waals surface area (Å²) in [4.78, 5) is 30.1. The molecule has 2 aliphatic heterocycles. The molecule has 2 fully saturated rings. The number of carbonyl (C=O) groups is 1. The quantitative estimate of drug-likeness (QED) is 0.875. The highest BCUT2D eigenvalue weighted by atomic mass is 16.2. The predicted molar refractivity (Wildman–Crippen MR) is 97.6 cm³/mol. The molecule has 6 heteroatoms. The number of benzene rings is 1. The normalized spacial score (nSPS) is 22.9. The van der Waals surface area contributed by atoms with Crippen LogP contribution in [0.5, 0.6) is 0 Å². The average molecular weight is 342 g/mol. The summed E-state index contributed by atoms with van der Waals surface area (Å²) < 4.78 is 1.88. The third-order valence-corrected chi connectivity index (χ3v) is 5.69. The molecule has 0 aliphatic carbocycles. The van der Waals surface area contributed by atoms with Gasteiger partial charge >= 0.3 is 5.69 Å². The highest BCUT2D eigenvalue weighted by molar-refractivity contribution is 5.79. The van der Waals surface area contributed by atoms with Crippen molar-refractivity contribution in [1.82, 2.24) is 19.8 Å². The lowest BCUT2D eigenvalue weighted by Gasteiger charge is -2.34. The summed E-state index contributed by atoms with van der Waals surface area (Å²) in [6.45, 7) is 3.46. The fraction of sp³-hybridized carbons (Fsp3) is 0.579. The molecule has 2 N–H and O–H groups in total. The smallest absolute Gasteiger partial charge is 0.326 e. The fourth-order valence-corrected chi connectivity index (χ4v) is 4.31. The van der Waals surface area contributed by atoms with Gasteiger partial charge in [-0.05, 0) is 57.3 Å². The summed E-state index contributed by atoms with van der Waals surface area (Å²) in [5.41, 5.74) is 1.81. The van der Waals surface area contributed by atoms with Crippen LogP contribution < -0.4 is 11.0 Å². The van der Waals surface area contributed by atoms with Gasteiger partial charge < -0.3 is 15.2 Å². The van der Waals surface area contributed by atoms with Crippen LogP contribution in [0, 0.1) is 5.92 Å². The Morgan fingerprint density at radius 2 is 1.84 bits per heavy atom. The van der Waals surface area contributed by atoms with Crippen molar-refractivity contribution < 1.29 is 4.79 Å². The number of aromatic amines is 1. The molecule has 134 valence electrons. The minimum Gasteiger partial charge on any atom is -0.342 e. The molecule has 1 atom stereocenters. The Morgan fingerprint density at radius 1 is 1.04 bits per heavy atom. The maximum atomic E-state index is 12.8. The lowest BCUT2D eigenvalue weighted by molar-refractivity contribution is -0.137. The summed E-state index contributed by atoms with van der Waals surface area (Å²) in [5.74, 6) is 0.482. The van der Waals surface area contributed by atoms with Gasteiger partial charge in [0, 0.05) is 25.0 Å². The molecular formula is C19H26N4O2. The molecule has 1 aromatic carbocycles. The number of carbonyl (C=O) groups excluding carboxylic acids is 1. The van der Waals surface area contributed by atoms with Gasteiger partial charge in [-0.2, -0.15) is 0 Å². The van der Waals surface area contributed by atoms with E-state index < -0.39 is 0 Å². The molecule has 0 radical (unpaired) electrons. The molecule has 2 aliphatic rings. The number of aromatic nitrogens is 2. The second-order valence-corrected chi connectivity index (χ2v) is 7.25. The zero-order valence-corrected chi connectivity index (χ0v) is 14.5. The van der Waals surface area contributed by atoms with Gasteiger partial charge in [0.05, 0.1) is 11.0 Å². The topological polar surface area (TPSA) is 70.1 Å². The van der Waals surface area contributed by atoms with Crippen LogP contribution in [0.4, 0.5) is 0 Å². The zero-order chi connectivity index (χ0) is 17.2. The standard InChI is InChI=1S/C19H26N4O2/c24-18(14-4-3-10-20-11-7-14)22-12-8-15(9-13-22)23-17-6-2-1-5-16(17)21-19(23)25/h1-2,5-6,14-15,20H,3-4,7-13H2,(H,21,25). The number of H-pyrrole nitrogens is 1. The van der Waals surface area contributed by atoms with E-state index >= 15 is 0 Å². The third kappa shape index (κ3) is 3.23. The SMILES string of the molecule is O=C(C1CCCNCC1)N1CCC(n2c(=O)[nH]c3ccccc32)CC1.